The molecule has 1 saturated heterocycles. The van der Waals surface area contributed by atoms with Gasteiger partial charge in [0.05, 0.1) is 12.8 Å². The lowest BCUT2D eigenvalue weighted by molar-refractivity contribution is 0.199. The molecule has 0 bridgehead atoms. The molecule has 162 valence electrons. The Balaban J connectivity index is 1.18. The molecule has 0 saturated carbocycles. The van der Waals surface area contributed by atoms with Gasteiger partial charge in [-0.15, -0.1) is 0 Å². The van der Waals surface area contributed by atoms with Crippen molar-refractivity contribution in [3.05, 3.63) is 66.7 Å². The van der Waals surface area contributed by atoms with E-state index < -0.39 is 6.09 Å². The maximum Gasteiger partial charge on any atom is 0.412 e. The standard InChI is InChI=1S/C25H29N3O3/c1-30-24-12-5-4-11-22(24)28-18-16-27(17-19-28)15-7-14-26-25(29)31-23-13-6-9-20-8-2-3-10-21(20)23/h2-6,8-13H,7,14-19H2,1H3,(H,26,29). The molecule has 0 aromatic heterocycles. The van der Waals surface area contributed by atoms with Crippen LogP contribution < -0.4 is 19.7 Å². The molecule has 1 fully saturated rings. The van der Waals surface area contributed by atoms with Crippen LogP contribution in [-0.2, 0) is 0 Å². The number of amides is 1. The van der Waals surface area contributed by atoms with Gasteiger partial charge in [-0.3, -0.25) is 4.90 Å². The second-order valence-corrected chi connectivity index (χ2v) is 7.65. The van der Waals surface area contributed by atoms with Gasteiger partial charge in [-0.25, -0.2) is 4.79 Å². The minimum atomic E-state index is -0.405. The Morgan fingerprint density at radius 3 is 2.45 bits per heavy atom. The smallest absolute Gasteiger partial charge is 0.412 e. The van der Waals surface area contributed by atoms with E-state index in [0.717, 1.165) is 61.4 Å². The molecule has 3 aromatic carbocycles. The van der Waals surface area contributed by atoms with Crippen LogP contribution in [0.2, 0.25) is 0 Å². The summed E-state index contributed by atoms with van der Waals surface area (Å²) in [5.74, 6) is 1.51. The third kappa shape index (κ3) is 5.27. The second kappa shape index (κ2) is 10.2. The number of hydrogen-bond donors (Lipinski definition) is 1. The number of para-hydroxylation sites is 2. The molecule has 0 aliphatic carbocycles. The summed E-state index contributed by atoms with van der Waals surface area (Å²) in [7, 11) is 1.72. The predicted octanol–water partition coefficient (Wildman–Crippen LogP) is 4.15. The van der Waals surface area contributed by atoms with E-state index in [1.54, 1.807) is 7.11 Å². The Bertz CT molecular complexity index is 1010. The maximum atomic E-state index is 12.2. The highest BCUT2D eigenvalue weighted by molar-refractivity contribution is 5.90. The number of piperazine rings is 1. The van der Waals surface area contributed by atoms with Gasteiger partial charge in [0.25, 0.3) is 0 Å². The van der Waals surface area contributed by atoms with Crippen molar-refractivity contribution >= 4 is 22.6 Å². The third-order valence-electron chi connectivity index (χ3n) is 5.67. The summed E-state index contributed by atoms with van der Waals surface area (Å²) in [5.41, 5.74) is 1.16. The van der Waals surface area contributed by atoms with Crippen molar-refractivity contribution in [2.45, 2.75) is 6.42 Å². The average molecular weight is 420 g/mol. The zero-order valence-electron chi connectivity index (χ0n) is 17.9. The molecule has 1 heterocycles. The molecule has 0 radical (unpaired) electrons. The van der Waals surface area contributed by atoms with Gasteiger partial charge in [0.15, 0.2) is 0 Å². The fourth-order valence-corrected chi connectivity index (χ4v) is 4.02. The lowest BCUT2D eigenvalue weighted by atomic mass is 10.1. The van der Waals surface area contributed by atoms with Crippen LogP contribution in [0.1, 0.15) is 6.42 Å². The molecule has 0 unspecified atom stereocenters. The van der Waals surface area contributed by atoms with Crippen LogP contribution in [0.25, 0.3) is 10.8 Å². The molecule has 1 N–H and O–H groups in total. The van der Waals surface area contributed by atoms with Gasteiger partial charge in [-0.2, -0.15) is 0 Å². The van der Waals surface area contributed by atoms with Gasteiger partial charge in [0.1, 0.15) is 11.5 Å². The summed E-state index contributed by atoms with van der Waals surface area (Å²) < 4.78 is 11.0. The van der Waals surface area contributed by atoms with Crippen molar-refractivity contribution < 1.29 is 14.3 Å². The highest BCUT2D eigenvalue weighted by atomic mass is 16.6. The highest BCUT2D eigenvalue weighted by Gasteiger charge is 2.19. The van der Waals surface area contributed by atoms with E-state index in [1.807, 2.05) is 60.7 Å². The summed E-state index contributed by atoms with van der Waals surface area (Å²) in [5, 5.41) is 4.86. The first-order valence-corrected chi connectivity index (χ1v) is 10.8. The van der Waals surface area contributed by atoms with Gasteiger partial charge >= 0.3 is 6.09 Å². The minimum absolute atomic E-state index is 0.405. The first-order valence-electron chi connectivity index (χ1n) is 10.8. The van der Waals surface area contributed by atoms with E-state index in [2.05, 4.69) is 21.2 Å². The fraction of sp³-hybridized carbons (Fsp3) is 0.320. The van der Waals surface area contributed by atoms with E-state index >= 15 is 0 Å². The number of carbonyl (C=O) groups excluding carboxylic acids is 1. The number of benzene rings is 3. The summed E-state index contributed by atoms with van der Waals surface area (Å²) >= 11 is 0. The van der Waals surface area contributed by atoms with Gasteiger partial charge in [0.2, 0.25) is 0 Å². The van der Waals surface area contributed by atoms with Crippen molar-refractivity contribution in [1.82, 2.24) is 10.2 Å². The van der Waals surface area contributed by atoms with Crippen molar-refractivity contribution in [2.75, 3.05) is 51.3 Å². The molecular formula is C25H29N3O3. The summed E-state index contributed by atoms with van der Waals surface area (Å²) in [6.45, 7) is 5.48. The van der Waals surface area contributed by atoms with Gasteiger partial charge in [-0.1, -0.05) is 48.5 Å². The van der Waals surface area contributed by atoms with Crippen LogP contribution in [0.15, 0.2) is 66.7 Å². The second-order valence-electron chi connectivity index (χ2n) is 7.65. The first-order chi connectivity index (χ1) is 15.2. The quantitative estimate of drug-likeness (QED) is 0.583. The van der Waals surface area contributed by atoms with Gasteiger partial charge < -0.3 is 19.7 Å². The Hall–Kier alpha value is -3.25. The molecule has 1 aliphatic heterocycles. The number of anilines is 1. The van der Waals surface area contributed by atoms with E-state index in [9.17, 15) is 4.79 Å². The number of fused-ring (bicyclic) bond motifs is 1. The normalized spacial score (nSPS) is 14.4. The topological polar surface area (TPSA) is 54.0 Å². The summed E-state index contributed by atoms with van der Waals surface area (Å²) in [4.78, 5) is 17.0. The minimum Gasteiger partial charge on any atom is -0.495 e. The summed E-state index contributed by atoms with van der Waals surface area (Å²) in [6, 6.07) is 21.8. The van der Waals surface area contributed by atoms with Crippen LogP contribution >= 0.6 is 0 Å². The molecule has 1 amide bonds. The Kier molecular flexibility index (Phi) is 6.89. The van der Waals surface area contributed by atoms with Crippen LogP contribution in [0, 0.1) is 0 Å². The van der Waals surface area contributed by atoms with E-state index in [-0.39, 0.29) is 0 Å². The van der Waals surface area contributed by atoms with Crippen LogP contribution in [0.4, 0.5) is 10.5 Å². The Labute approximate surface area is 183 Å². The van der Waals surface area contributed by atoms with Crippen molar-refractivity contribution in [2.24, 2.45) is 0 Å². The van der Waals surface area contributed by atoms with E-state index in [1.165, 1.54) is 0 Å². The molecule has 0 atom stereocenters. The highest BCUT2D eigenvalue weighted by Crippen LogP contribution is 2.28. The molecule has 6 nitrogen and oxygen atoms in total. The SMILES string of the molecule is COc1ccccc1N1CCN(CCCNC(=O)Oc2cccc3ccccc23)CC1. The number of nitrogens with one attached hydrogen (secondary N) is 1. The molecule has 31 heavy (non-hydrogen) atoms. The van der Waals surface area contributed by atoms with Crippen LogP contribution in [-0.4, -0.2) is 57.4 Å². The first kappa shape index (κ1) is 21.0. The Morgan fingerprint density at radius 1 is 0.903 bits per heavy atom. The number of nitrogens with zero attached hydrogens (tertiary/aromatic N) is 2. The summed E-state index contributed by atoms with van der Waals surface area (Å²) in [6.07, 6.45) is 0.483. The monoisotopic (exact) mass is 419 g/mol. The number of rotatable bonds is 7. The van der Waals surface area contributed by atoms with Crippen molar-refractivity contribution in [3.8, 4) is 11.5 Å². The van der Waals surface area contributed by atoms with Crippen LogP contribution in [0.3, 0.4) is 0 Å². The number of carbonyl (C=O) groups is 1. The number of ether oxygens (including phenoxy) is 2. The largest absolute Gasteiger partial charge is 0.495 e. The molecule has 1 aliphatic rings. The average Bonchev–Trinajstić information content (AvgIpc) is 2.82. The number of methoxy groups -OCH3 is 1. The molecule has 0 spiro atoms. The third-order valence-corrected chi connectivity index (χ3v) is 5.67. The van der Waals surface area contributed by atoms with E-state index in [4.69, 9.17) is 9.47 Å². The van der Waals surface area contributed by atoms with Gasteiger partial charge in [0, 0.05) is 38.1 Å². The van der Waals surface area contributed by atoms with Gasteiger partial charge in [-0.05, 0) is 36.6 Å². The lowest BCUT2D eigenvalue weighted by Gasteiger charge is -2.36. The molecular weight excluding hydrogens is 390 g/mol. The molecule has 3 aromatic rings. The van der Waals surface area contributed by atoms with Crippen molar-refractivity contribution in [1.29, 1.82) is 0 Å². The van der Waals surface area contributed by atoms with E-state index in [0.29, 0.717) is 12.3 Å². The lowest BCUT2D eigenvalue weighted by Crippen LogP contribution is -2.47. The molecule has 4 rings (SSSR count). The van der Waals surface area contributed by atoms with Crippen LogP contribution in [0.5, 0.6) is 11.5 Å². The zero-order chi connectivity index (χ0) is 21.5. The van der Waals surface area contributed by atoms with Crippen molar-refractivity contribution in [3.63, 3.8) is 0 Å². The maximum absolute atomic E-state index is 12.2. The Morgan fingerprint density at radius 2 is 1.61 bits per heavy atom. The molecule has 6 heteroatoms. The zero-order valence-corrected chi connectivity index (χ0v) is 17.9. The predicted molar refractivity (Wildman–Crippen MR) is 124 cm³/mol. The fourth-order valence-electron chi connectivity index (χ4n) is 4.02. The number of hydrogen-bond acceptors (Lipinski definition) is 5.